The summed E-state index contributed by atoms with van der Waals surface area (Å²) in [6, 6.07) is -0.0104. The lowest BCUT2D eigenvalue weighted by Crippen LogP contribution is -2.31. The lowest BCUT2D eigenvalue weighted by molar-refractivity contribution is 0.446. The number of nitrogens with zero attached hydrogens (tertiary/aromatic N) is 5. The van der Waals surface area contributed by atoms with Gasteiger partial charge in [0.2, 0.25) is 0 Å². The monoisotopic (exact) mass is 291 g/mol. The molecule has 2 heterocycles. The first-order chi connectivity index (χ1) is 10.0. The molecule has 7 heteroatoms. The fourth-order valence-corrected chi connectivity index (χ4v) is 2.50. The van der Waals surface area contributed by atoms with E-state index in [-0.39, 0.29) is 6.04 Å². The van der Waals surface area contributed by atoms with Gasteiger partial charge >= 0.3 is 0 Å². The molecule has 2 aromatic rings. The quantitative estimate of drug-likeness (QED) is 0.586. The van der Waals surface area contributed by atoms with Gasteiger partial charge < -0.3 is 0 Å². The highest BCUT2D eigenvalue weighted by atomic mass is 15.3. The van der Waals surface area contributed by atoms with Crippen molar-refractivity contribution in [2.45, 2.75) is 46.2 Å². The predicted octanol–water partition coefficient (Wildman–Crippen LogP) is 0.977. The Hall–Kier alpha value is -1.73. The summed E-state index contributed by atoms with van der Waals surface area (Å²) in [5, 5.41) is 8.78. The van der Waals surface area contributed by atoms with Crippen molar-refractivity contribution in [3.8, 4) is 0 Å². The topological polar surface area (TPSA) is 86.6 Å². The van der Waals surface area contributed by atoms with Crippen molar-refractivity contribution < 1.29 is 0 Å². The molecule has 0 radical (unpaired) electrons. The second-order valence-corrected chi connectivity index (χ2v) is 5.73. The number of nitrogens with two attached hydrogens (primary N) is 1. The Balaban J connectivity index is 2.21. The van der Waals surface area contributed by atoms with Gasteiger partial charge in [-0.1, -0.05) is 20.8 Å². The van der Waals surface area contributed by atoms with Gasteiger partial charge in [-0.3, -0.25) is 16.0 Å². The largest absolute Gasteiger partial charge is 0.275 e. The summed E-state index contributed by atoms with van der Waals surface area (Å²) in [6.45, 7) is 7.29. The van der Waals surface area contributed by atoms with Crippen LogP contribution in [0.1, 0.15) is 43.9 Å². The summed E-state index contributed by atoms with van der Waals surface area (Å²) < 4.78 is 3.79. The SMILES string of the molecule is CCc1nn(C)cc1C(Cc1ncnn1CC(C)C)NN. The van der Waals surface area contributed by atoms with Gasteiger partial charge in [0.05, 0.1) is 11.7 Å². The number of hydrogen-bond donors (Lipinski definition) is 2. The van der Waals surface area contributed by atoms with Crippen LogP contribution in [0.5, 0.6) is 0 Å². The average Bonchev–Trinajstić information content (AvgIpc) is 3.01. The number of hydrogen-bond acceptors (Lipinski definition) is 5. The summed E-state index contributed by atoms with van der Waals surface area (Å²) in [7, 11) is 1.93. The maximum Gasteiger partial charge on any atom is 0.138 e. The summed E-state index contributed by atoms with van der Waals surface area (Å²) in [6.07, 6.45) is 5.21. The van der Waals surface area contributed by atoms with Gasteiger partial charge in [-0.05, 0) is 12.3 Å². The van der Waals surface area contributed by atoms with Gasteiger partial charge in [0.15, 0.2) is 0 Å². The zero-order valence-corrected chi connectivity index (χ0v) is 13.2. The van der Waals surface area contributed by atoms with E-state index in [0.29, 0.717) is 12.3 Å². The van der Waals surface area contributed by atoms with E-state index >= 15 is 0 Å². The van der Waals surface area contributed by atoms with E-state index in [1.807, 2.05) is 22.6 Å². The molecule has 2 rings (SSSR count). The second kappa shape index (κ2) is 6.82. The number of aromatic nitrogens is 5. The molecule has 0 spiro atoms. The average molecular weight is 291 g/mol. The van der Waals surface area contributed by atoms with Gasteiger partial charge in [-0.2, -0.15) is 10.2 Å². The standard InChI is InChI=1S/C14H25N7/c1-5-12-11(8-20(4)19-12)13(18-15)6-14-16-9-17-21(14)7-10(2)3/h8-10,13,18H,5-7,15H2,1-4H3. The smallest absolute Gasteiger partial charge is 0.138 e. The Morgan fingerprint density at radius 1 is 1.38 bits per heavy atom. The van der Waals surface area contributed by atoms with Crippen LogP contribution >= 0.6 is 0 Å². The maximum absolute atomic E-state index is 5.76. The Morgan fingerprint density at radius 3 is 2.76 bits per heavy atom. The van der Waals surface area contributed by atoms with Crippen LogP contribution in [0.3, 0.4) is 0 Å². The first-order valence-electron chi connectivity index (χ1n) is 7.40. The predicted molar refractivity (Wildman–Crippen MR) is 81.2 cm³/mol. The minimum absolute atomic E-state index is 0.0104. The fraction of sp³-hybridized carbons (Fsp3) is 0.643. The van der Waals surface area contributed by atoms with Gasteiger partial charge in [0.1, 0.15) is 12.2 Å². The summed E-state index contributed by atoms with van der Waals surface area (Å²) in [5.74, 6) is 7.23. The Labute approximate surface area is 125 Å². The van der Waals surface area contributed by atoms with E-state index in [2.05, 4.69) is 41.4 Å². The van der Waals surface area contributed by atoms with Gasteiger partial charge in [0, 0.05) is 31.8 Å². The van der Waals surface area contributed by atoms with Crippen molar-refractivity contribution in [3.63, 3.8) is 0 Å². The van der Waals surface area contributed by atoms with E-state index in [0.717, 1.165) is 30.0 Å². The minimum Gasteiger partial charge on any atom is -0.275 e. The summed E-state index contributed by atoms with van der Waals surface area (Å²) >= 11 is 0. The van der Waals surface area contributed by atoms with E-state index in [4.69, 9.17) is 5.84 Å². The lowest BCUT2D eigenvalue weighted by atomic mass is 10.0. The molecule has 0 amide bonds. The number of hydrazine groups is 1. The molecule has 1 unspecified atom stereocenters. The fourth-order valence-electron chi connectivity index (χ4n) is 2.50. The highest BCUT2D eigenvalue weighted by Gasteiger charge is 2.20. The highest BCUT2D eigenvalue weighted by Crippen LogP contribution is 2.20. The molecule has 0 fully saturated rings. The molecule has 0 saturated heterocycles. The molecule has 0 aliphatic rings. The van der Waals surface area contributed by atoms with E-state index in [9.17, 15) is 0 Å². The first-order valence-corrected chi connectivity index (χ1v) is 7.40. The number of aryl methyl sites for hydroxylation is 2. The molecule has 0 aliphatic carbocycles. The van der Waals surface area contributed by atoms with Crippen LogP contribution in [0, 0.1) is 5.92 Å². The number of nitrogens with one attached hydrogen (secondary N) is 1. The van der Waals surface area contributed by atoms with Crippen molar-refractivity contribution in [2.24, 2.45) is 18.8 Å². The Kier molecular flexibility index (Phi) is 5.08. The number of rotatable bonds is 7. The van der Waals surface area contributed by atoms with Crippen molar-refractivity contribution in [1.82, 2.24) is 30.0 Å². The van der Waals surface area contributed by atoms with E-state index in [1.54, 1.807) is 6.33 Å². The van der Waals surface area contributed by atoms with Crippen LogP contribution in [0.2, 0.25) is 0 Å². The van der Waals surface area contributed by atoms with Crippen LogP contribution in [-0.4, -0.2) is 24.5 Å². The normalized spacial score (nSPS) is 13.0. The van der Waals surface area contributed by atoms with Crippen LogP contribution in [0.4, 0.5) is 0 Å². The molecule has 116 valence electrons. The molecule has 3 N–H and O–H groups in total. The Bertz CT molecular complexity index is 570. The molecular weight excluding hydrogens is 266 g/mol. The van der Waals surface area contributed by atoms with Gasteiger partial charge in [0.25, 0.3) is 0 Å². The molecule has 0 aliphatic heterocycles. The third-order valence-corrected chi connectivity index (χ3v) is 3.47. The second-order valence-electron chi connectivity index (χ2n) is 5.73. The van der Waals surface area contributed by atoms with Gasteiger partial charge in [-0.25, -0.2) is 9.67 Å². The van der Waals surface area contributed by atoms with Crippen molar-refractivity contribution in [2.75, 3.05) is 0 Å². The maximum atomic E-state index is 5.76. The molecule has 21 heavy (non-hydrogen) atoms. The lowest BCUT2D eigenvalue weighted by Gasteiger charge is -2.16. The highest BCUT2D eigenvalue weighted by molar-refractivity contribution is 5.22. The zero-order chi connectivity index (χ0) is 15.4. The minimum atomic E-state index is -0.0104. The molecule has 7 nitrogen and oxygen atoms in total. The molecule has 0 saturated carbocycles. The molecule has 2 aromatic heterocycles. The molecule has 0 bridgehead atoms. The van der Waals surface area contributed by atoms with Crippen molar-refractivity contribution >= 4 is 0 Å². The zero-order valence-electron chi connectivity index (χ0n) is 13.2. The third-order valence-electron chi connectivity index (χ3n) is 3.47. The van der Waals surface area contributed by atoms with Gasteiger partial charge in [-0.15, -0.1) is 0 Å². The summed E-state index contributed by atoms with van der Waals surface area (Å²) in [5.41, 5.74) is 5.08. The first kappa shape index (κ1) is 15.7. The van der Waals surface area contributed by atoms with Crippen LogP contribution in [0.15, 0.2) is 12.5 Å². The molecule has 0 aromatic carbocycles. The van der Waals surface area contributed by atoms with Crippen molar-refractivity contribution in [3.05, 3.63) is 29.6 Å². The van der Waals surface area contributed by atoms with Crippen LogP contribution in [-0.2, 0) is 26.4 Å². The Morgan fingerprint density at radius 2 is 2.14 bits per heavy atom. The van der Waals surface area contributed by atoms with Crippen LogP contribution < -0.4 is 11.3 Å². The van der Waals surface area contributed by atoms with Crippen molar-refractivity contribution in [1.29, 1.82) is 0 Å². The third kappa shape index (κ3) is 3.68. The van der Waals surface area contributed by atoms with E-state index in [1.165, 1.54) is 0 Å². The summed E-state index contributed by atoms with van der Waals surface area (Å²) in [4.78, 5) is 4.37. The van der Waals surface area contributed by atoms with Crippen LogP contribution in [0.25, 0.3) is 0 Å². The molecule has 1 atom stereocenters. The van der Waals surface area contributed by atoms with E-state index < -0.39 is 0 Å². The molecular formula is C14H25N7.